The molecular formula is C31H30Cl2N2O5. The molecule has 2 heterocycles. The van der Waals surface area contributed by atoms with Crippen molar-refractivity contribution in [2.24, 2.45) is 11.8 Å². The average Bonchev–Trinajstić information content (AvgIpc) is 3.23. The summed E-state index contributed by atoms with van der Waals surface area (Å²) >= 11 is 12.5. The Kier molecular flexibility index (Phi) is 8.74. The van der Waals surface area contributed by atoms with Crippen LogP contribution in [0.15, 0.2) is 66.7 Å². The monoisotopic (exact) mass is 580 g/mol. The van der Waals surface area contributed by atoms with E-state index in [1.165, 1.54) is 4.90 Å². The minimum atomic E-state index is -1.29. The number of anilines is 1. The third kappa shape index (κ3) is 5.73. The van der Waals surface area contributed by atoms with Crippen molar-refractivity contribution in [2.75, 3.05) is 31.7 Å². The number of benzene rings is 3. The van der Waals surface area contributed by atoms with Gasteiger partial charge in [0.25, 0.3) is 5.91 Å². The van der Waals surface area contributed by atoms with E-state index in [1.54, 1.807) is 73.8 Å². The fourth-order valence-corrected chi connectivity index (χ4v) is 5.83. The molecule has 0 aromatic heterocycles. The molecule has 0 radical (unpaired) electrons. The zero-order chi connectivity index (χ0) is 28.2. The van der Waals surface area contributed by atoms with Crippen molar-refractivity contribution >= 4 is 46.4 Å². The van der Waals surface area contributed by atoms with Gasteiger partial charge in [0.15, 0.2) is 17.3 Å². The summed E-state index contributed by atoms with van der Waals surface area (Å²) in [6.07, 6.45) is 3.11. The van der Waals surface area contributed by atoms with Crippen LogP contribution in [0.5, 0.6) is 11.5 Å². The van der Waals surface area contributed by atoms with Gasteiger partial charge in [0.2, 0.25) is 5.78 Å². The maximum absolute atomic E-state index is 13.8. The van der Waals surface area contributed by atoms with Gasteiger partial charge < -0.3 is 14.8 Å². The number of piperidine rings is 1. The molecule has 3 aromatic rings. The molecular weight excluding hydrogens is 551 g/mol. The number of hydrogen-bond donors (Lipinski definition) is 1. The molecule has 0 aliphatic carbocycles. The van der Waals surface area contributed by atoms with E-state index in [-0.39, 0.29) is 10.6 Å². The van der Waals surface area contributed by atoms with Gasteiger partial charge in [-0.1, -0.05) is 47.5 Å². The Labute approximate surface area is 243 Å². The molecule has 1 amide bonds. The summed E-state index contributed by atoms with van der Waals surface area (Å²) in [5.74, 6) is -1.83. The predicted octanol–water partition coefficient (Wildman–Crippen LogP) is 5.93. The molecule has 1 N–H and O–H groups in total. The first-order valence-electron chi connectivity index (χ1n) is 13.3. The van der Waals surface area contributed by atoms with Gasteiger partial charge in [-0.05, 0) is 80.2 Å². The zero-order valence-corrected chi connectivity index (χ0v) is 23.6. The highest BCUT2D eigenvalue weighted by molar-refractivity contribution is 6.49. The highest BCUT2D eigenvalue weighted by Gasteiger charge is 2.52. The summed E-state index contributed by atoms with van der Waals surface area (Å²) in [6, 6.07) is 17.5. The number of halogens is 2. The third-order valence-electron chi connectivity index (χ3n) is 7.61. The normalized spacial score (nSPS) is 19.6. The van der Waals surface area contributed by atoms with Gasteiger partial charge in [-0.3, -0.25) is 19.3 Å². The molecule has 5 rings (SSSR count). The van der Waals surface area contributed by atoms with Crippen LogP contribution in [0.3, 0.4) is 0 Å². The number of nitrogens with one attached hydrogen (secondary N) is 1. The number of carbonyl (C=O) groups excluding carboxylic acids is 3. The molecule has 0 spiro atoms. The van der Waals surface area contributed by atoms with Crippen LogP contribution < -0.4 is 19.7 Å². The Morgan fingerprint density at radius 1 is 0.975 bits per heavy atom. The van der Waals surface area contributed by atoms with Crippen molar-refractivity contribution in [2.45, 2.75) is 25.3 Å². The summed E-state index contributed by atoms with van der Waals surface area (Å²) in [6.45, 7) is 2.51. The molecule has 2 aliphatic heterocycles. The van der Waals surface area contributed by atoms with Crippen LogP contribution in [0.1, 0.15) is 41.2 Å². The highest BCUT2D eigenvalue weighted by atomic mass is 35.5. The van der Waals surface area contributed by atoms with Crippen LogP contribution in [-0.2, 0) is 9.59 Å². The predicted molar refractivity (Wildman–Crippen MR) is 155 cm³/mol. The molecule has 2 aliphatic rings. The number of ketones is 2. The van der Waals surface area contributed by atoms with Crippen molar-refractivity contribution in [3.05, 3.63) is 87.9 Å². The Balaban J connectivity index is 1.50. The van der Waals surface area contributed by atoms with Gasteiger partial charge >= 0.3 is 0 Å². The van der Waals surface area contributed by atoms with Gasteiger partial charge in [0.1, 0.15) is 5.92 Å². The van der Waals surface area contributed by atoms with Gasteiger partial charge in [0.05, 0.1) is 24.8 Å². The number of rotatable bonds is 9. The molecule has 3 aromatic carbocycles. The Bertz CT molecular complexity index is 1410. The van der Waals surface area contributed by atoms with Crippen LogP contribution in [0.4, 0.5) is 5.69 Å². The second kappa shape index (κ2) is 12.4. The lowest BCUT2D eigenvalue weighted by atomic mass is 9.86. The van der Waals surface area contributed by atoms with E-state index in [0.717, 1.165) is 32.4 Å². The van der Waals surface area contributed by atoms with Gasteiger partial charge in [0, 0.05) is 22.3 Å². The fraction of sp³-hybridized carbons (Fsp3) is 0.323. The molecule has 2 fully saturated rings. The number of ether oxygens (including phenoxy) is 2. The number of nitrogens with zero attached hydrogens (tertiary/aromatic N) is 1. The summed E-state index contributed by atoms with van der Waals surface area (Å²) in [5, 5.41) is 4.08. The first-order chi connectivity index (χ1) is 19.4. The van der Waals surface area contributed by atoms with Crippen LogP contribution in [0.2, 0.25) is 10.0 Å². The van der Waals surface area contributed by atoms with Crippen molar-refractivity contribution < 1.29 is 23.9 Å². The number of Topliss-reactive ketones (excluding diaryl/α,β-unsaturated/α-hetero) is 2. The fourth-order valence-electron chi connectivity index (χ4n) is 5.47. The number of carbonyl (C=O) groups is 3. The van der Waals surface area contributed by atoms with Crippen molar-refractivity contribution in [1.29, 1.82) is 0 Å². The van der Waals surface area contributed by atoms with E-state index >= 15 is 0 Å². The lowest BCUT2D eigenvalue weighted by Gasteiger charge is -2.28. The van der Waals surface area contributed by atoms with Gasteiger partial charge in [-0.15, -0.1) is 0 Å². The molecule has 2 unspecified atom stereocenters. The minimum absolute atomic E-state index is 0.188. The topological polar surface area (TPSA) is 84.9 Å². The van der Waals surface area contributed by atoms with Crippen molar-refractivity contribution in [1.82, 2.24) is 5.32 Å². The van der Waals surface area contributed by atoms with E-state index in [1.807, 2.05) is 0 Å². The molecule has 0 saturated carbocycles. The number of amides is 1. The molecule has 208 valence electrons. The maximum Gasteiger partial charge on any atom is 0.295 e. The van der Waals surface area contributed by atoms with E-state index in [2.05, 4.69) is 5.32 Å². The van der Waals surface area contributed by atoms with E-state index in [0.29, 0.717) is 40.3 Å². The summed E-state index contributed by atoms with van der Waals surface area (Å²) in [5.41, 5.74) is 1.21. The summed E-state index contributed by atoms with van der Waals surface area (Å²) in [7, 11) is 1.55. The third-order valence-corrected chi connectivity index (χ3v) is 8.19. The van der Waals surface area contributed by atoms with Crippen molar-refractivity contribution in [3.8, 4) is 11.5 Å². The van der Waals surface area contributed by atoms with Crippen LogP contribution in [0, 0.1) is 11.8 Å². The molecule has 7 nitrogen and oxygen atoms in total. The lowest BCUT2D eigenvalue weighted by Crippen LogP contribution is -2.30. The molecule has 0 bridgehead atoms. The first kappa shape index (κ1) is 28.1. The largest absolute Gasteiger partial charge is 0.493 e. The average molecular weight is 581 g/mol. The second-order valence-corrected chi connectivity index (χ2v) is 10.9. The van der Waals surface area contributed by atoms with E-state index in [9.17, 15) is 14.4 Å². The number of methoxy groups -OCH3 is 1. The van der Waals surface area contributed by atoms with Crippen LogP contribution in [0.25, 0.3) is 0 Å². The summed E-state index contributed by atoms with van der Waals surface area (Å²) in [4.78, 5) is 42.2. The van der Waals surface area contributed by atoms with Gasteiger partial charge in [-0.25, -0.2) is 0 Å². The summed E-state index contributed by atoms with van der Waals surface area (Å²) < 4.78 is 11.7. The van der Waals surface area contributed by atoms with Crippen molar-refractivity contribution in [3.63, 3.8) is 0 Å². The smallest absolute Gasteiger partial charge is 0.295 e. The molecule has 40 heavy (non-hydrogen) atoms. The quantitative estimate of drug-likeness (QED) is 0.192. The zero-order valence-electron chi connectivity index (χ0n) is 22.1. The molecule has 2 atom stereocenters. The highest BCUT2D eigenvalue weighted by Crippen LogP contribution is 2.44. The Morgan fingerprint density at radius 3 is 2.40 bits per heavy atom. The molecule has 9 heteroatoms. The molecule has 2 saturated heterocycles. The van der Waals surface area contributed by atoms with E-state index < -0.39 is 29.4 Å². The lowest BCUT2D eigenvalue weighted by molar-refractivity contribution is -0.135. The van der Waals surface area contributed by atoms with Crippen LogP contribution in [-0.4, -0.2) is 44.3 Å². The van der Waals surface area contributed by atoms with Crippen LogP contribution >= 0.6 is 23.2 Å². The maximum atomic E-state index is 13.8. The second-order valence-electron chi connectivity index (χ2n) is 10.0. The standard InChI is InChI=1S/C31H30Cl2N2O5/c1-39-25-11-10-22(18-26(25)40-17-14-19-12-15-34-16-13-19)35-28(20-6-8-21(32)9-7-20)27(30(37)31(35)38)29(36)23-4-2-3-5-24(23)33/h2-11,18-19,27-28,34H,12-17H2,1H3. The Hall–Kier alpha value is -3.39. The first-order valence-corrected chi connectivity index (χ1v) is 14.1. The minimum Gasteiger partial charge on any atom is -0.493 e. The number of hydrogen-bond acceptors (Lipinski definition) is 6. The Morgan fingerprint density at radius 2 is 1.70 bits per heavy atom. The van der Waals surface area contributed by atoms with Gasteiger partial charge in [-0.2, -0.15) is 0 Å². The van der Waals surface area contributed by atoms with E-state index in [4.69, 9.17) is 32.7 Å². The SMILES string of the molecule is COc1ccc(N2C(=O)C(=O)C(C(=O)c3ccccc3Cl)C2c2ccc(Cl)cc2)cc1OCCC1CCNCC1.